The number of ether oxygens (including phenoxy) is 1. The first kappa shape index (κ1) is 14.7. The summed E-state index contributed by atoms with van der Waals surface area (Å²) >= 11 is 0. The van der Waals surface area contributed by atoms with Gasteiger partial charge in [-0.05, 0) is 23.9 Å². The van der Waals surface area contributed by atoms with Gasteiger partial charge in [-0.1, -0.05) is 29.4 Å². The van der Waals surface area contributed by atoms with Crippen LogP contribution in [0.2, 0.25) is 0 Å². The van der Waals surface area contributed by atoms with Crippen molar-refractivity contribution < 1.29 is 19.4 Å². The third-order valence-electron chi connectivity index (χ3n) is 3.23. The molecule has 1 saturated heterocycles. The predicted octanol–water partition coefficient (Wildman–Crippen LogP) is 2.81. The average Bonchev–Trinajstić information content (AvgIpc) is 2.96. The van der Waals surface area contributed by atoms with E-state index in [-0.39, 0.29) is 6.61 Å². The lowest BCUT2D eigenvalue weighted by Gasteiger charge is -2.20. The van der Waals surface area contributed by atoms with E-state index < -0.39 is 18.1 Å². The fraction of sp³-hybridized carbons (Fsp3) is 0.385. The summed E-state index contributed by atoms with van der Waals surface area (Å²) < 4.78 is 5.11. The van der Waals surface area contributed by atoms with Gasteiger partial charge in [0.2, 0.25) is 0 Å². The molecule has 1 aromatic rings. The van der Waals surface area contributed by atoms with Crippen molar-refractivity contribution in [1.82, 2.24) is 4.90 Å². The van der Waals surface area contributed by atoms with Gasteiger partial charge in [-0.25, -0.2) is 9.59 Å². The number of carbonyl (C=O) groups is 2. The zero-order valence-corrected chi connectivity index (χ0v) is 11.2. The summed E-state index contributed by atoms with van der Waals surface area (Å²) in [6.45, 7) is 0.434. The SMILES string of the molecule is [N-]=[N+]=Nc1ccc(COC(=O)N2CCC[C@H]2C(=O)O)cc1. The van der Waals surface area contributed by atoms with Crippen LogP contribution in [0.3, 0.4) is 0 Å². The Balaban J connectivity index is 1.91. The summed E-state index contributed by atoms with van der Waals surface area (Å²) in [5.74, 6) is -1.01. The molecule has 0 unspecified atom stereocenters. The molecule has 8 heteroatoms. The van der Waals surface area contributed by atoms with Crippen LogP contribution >= 0.6 is 0 Å². The van der Waals surface area contributed by atoms with Crippen LogP contribution in [0.15, 0.2) is 29.4 Å². The third-order valence-corrected chi connectivity index (χ3v) is 3.23. The Morgan fingerprint density at radius 3 is 2.76 bits per heavy atom. The zero-order valence-electron chi connectivity index (χ0n) is 11.2. The van der Waals surface area contributed by atoms with Crippen LogP contribution < -0.4 is 0 Å². The maximum Gasteiger partial charge on any atom is 0.410 e. The van der Waals surface area contributed by atoms with Crippen LogP contribution in [-0.2, 0) is 16.1 Å². The van der Waals surface area contributed by atoms with Crippen molar-refractivity contribution in [2.45, 2.75) is 25.5 Å². The first-order valence-electron chi connectivity index (χ1n) is 6.42. The zero-order chi connectivity index (χ0) is 15.2. The van der Waals surface area contributed by atoms with Gasteiger partial charge in [0.1, 0.15) is 12.6 Å². The molecule has 21 heavy (non-hydrogen) atoms. The number of benzene rings is 1. The first-order valence-corrected chi connectivity index (χ1v) is 6.42. The van der Waals surface area contributed by atoms with E-state index in [4.69, 9.17) is 15.4 Å². The lowest BCUT2D eigenvalue weighted by Crippen LogP contribution is -2.40. The van der Waals surface area contributed by atoms with Crippen LogP contribution in [0.4, 0.5) is 10.5 Å². The molecule has 0 spiro atoms. The Kier molecular flexibility index (Phi) is 4.63. The fourth-order valence-corrected chi connectivity index (χ4v) is 2.18. The monoisotopic (exact) mass is 290 g/mol. The minimum absolute atomic E-state index is 0.0399. The van der Waals surface area contributed by atoms with Crippen molar-refractivity contribution in [3.05, 3.63) is 40.3 Å². The summed E-state index contributed by atoms with van der Waals surface area (Å²) in [6, 6.07) is 5.77. The number of carbonyl (C=O) groups excluding carboxylic acids is 1. The predicted molar refractivity (Wildman–Crippen MR) is 72.8 cm³/mol. The van der Waals surface area contributed by atoms with Crippen molar-refractivity contribution >= 4 is 17.7 Å². The van der Waals surface area contributed by atoms with E-state index >= 15 is 0 Å². The highest BCUT2D eigenvalue weighted by Crippen LogP contribution is 2.19. The van der Waals surface area contributed by atoms with Crippen molar-refractivity contribution in [1.29, 1.82) is 0 Å². The number of likely N-dealkylation sites (tertiary alicyclic amines) is 1. The molecule has 1 N–H and O–H groups in total. The molecule has 1 heterocycles. The van der Waals surface area contributed by atoms with Crippen LogP contribution in [-0.4, -0.2) is 34.7 Å². The summed E-state index contributed by atoms with van der Waals surface area (Å²) in [4.78, 5) is 26.8. The highest BCUT2D eigenvalue weighted by atomic mass is 16.6. The van der Waals surface area contributed by atoms with E-state index in [0.29, 0.717) is 25.1 Å². The van der Waals surface area contributed by atoms with Crippen molar-refractivity contribution in [2.75, 3.05) is 6.54 Å². The topological polar surface area (TPSA) is 116 Å². The van der Waals surface area contributed by atoms with Gasteiger partial charge in [0.15, 0.2) is 0 Å². The standard InChI is InChI=1S/C13H14N4O4/c14-16-15-10-5-3-9(4-6-10)8-21-13(20)17-7-1-2-11(17)12(18)19/h3-6,11H,1-2,7-8H2,(H,18,19)/t11-/m0/s1. The Morgan fingerprint density at radius 2 is 2.14 bits per heavy atom. The number of carboxylic acids is 1. The number of nitrogens with zero attached hydrogens (tertiary/aromatic N) is 4. The maximum atomic E-state index is 11.9. The quantitative estimate of drug-likeness (QED) is 0.521. The molecule has 110 valence electrons. The third kappa shape index (κ3) is 3.64. The second-order valence-corrected chi connectivity index (χ2v) is 4.60. The van der Waals surface area contributed by atoms with Gasteiger partial charge in [-0.3, -0.25) is 4.90 Å². The summed E-state index contributed by atoms with van der Waals surface area (Å²) in [7, 11) is 0. The number of azide groups is 1. The summed E-state index contributed by atoms with van der Waals surface area (Å²) in [5.41, 5.74) is 9.49. The minimum Gasteiger partial charge on any atom is -0.480 e. The second kappa shape index (κ2) is 6.62. The van der Waals surface area contributed by atoms with E-state index in [1.165, 1.54) is 4.90 Å². The second-order valence-electron chi connectivity index (χ2n) is 4.60. The van der Waals surface area contributed by atoms with E-state index in [1.54, 1.807) is 24.3 Å². The van der Waals surface area contributed by atoms with Crippen LogP contribution in [0.25, 0.3) is 10.4 Å². The summed E-state index contributed by atoms with van der Waals surface area (Å²) in [6.07, 6.45) is 0.483. The van der Waals surface area contributed by atoms with E-state index in [2.05, 4.69) is 10.0 Å². The highest BCUT2D eigenvalue weighted by Gasteiger charge is 2.34. The highest BCUT2D eigenvalue weighted by molar-refractivity contribution is 5.80. The molecule has 1 atom stereocenters. The van der Waals surface area contributed by atoms with Crippen LogP contribution in [0, 0.1) is 0 Å². The van der Waals surface area contributed by atoms with Crippen molar-refractivity contribution in [3.63, 3.8) is 0 Å². The number of hydrogen-bond acceptors (Lipinski definition) is 4. The van der Waals surface area contributed by atoms with E-state index in [0.717, 1.165) is 5.56 Å². The maximum absolute atomic E-state index is 11.9. The number of carboxylic acid groups (broad SMARTS) is 1. The van der Waals surface area contributed by atoms with Crippen molar-refractivity contribution in [3.8, 4) is 0 Å². The van der Waals surface area contributed by atoms with Gasteiger partial charge in [-0.2, -0.15) is 0 Å². The molecule has 0 bridgehead atoms. The fourth-order valence-electron chi connectivity index (χ4n) is 2.18. The molecule has 1 fully saturated rings. The Labute approximate surface area is 120 Å². The number of rotatable bonds is 4. The lowest BCUT2D eigenvalue weighted by atomic mass is 10.2. The molecular formula is C13H14N4O4. The van der Waals surface area contributed by atoms with Crippen LogP contribution in [0.5, 0.6) is 0 Å². The molecule has 0 aromatic heterocycles. The minimum atomic E-state index is -1.01. The molecule has 1 aliphatic rings. The Morgan fingerprint density at radius 1 is 1.43 bits per heavy atom. The molecule has 2 rings (SSSR count). The molecule has 0 saturated carbocycles. The van der Waals surface area contributed by atoms with Gasteiger partial charge in [0, 0.05) is 17.1 Å². The molecule has 1 amide bonds. The van der Waals surface area contributed by atoms with Gasteiger partial charge in [0.25, 0.3) is 0 Å². The smallest absolute Gasteiger partial charge is 0.410 e. The summed E-state index contributed by atoms with van der Waals surface area (Å²) in [5, 5.41) is 12.4. The van der Waals surface area contributed by atoms with Gasteiger partial charge < -0.3 is 9.84 Å². The lowest BCUT2D eigenvalue weighted by molar-refractivity contribution is -0.141. The molecule has 8 nitrogen and oxygen atoms in total. The largest absolute Gasteiger partial charge is 0.480 e. The van der Waals surface area contributed by atoms with Crippen LogP contribution in [0.1, 0.15) is 18.4 Å². The van der Waals surface area contributed by atoms with E-state index in [9.17, 15) is 9.59 Å². The molecule has 0 aliphatic carbocycles. The van der Waals surface area contributed by atoms with Gasteiger partial charge >= 0.3 is 12.1 Å². The number of aliphatic carboxylic acids is 1. The van der Waals surface area contributed by atoms with E-state index in [1.807, 2.05) is 0 Å². The molecular weight excluding hydrogens is 276 g/mol. The first-order chi connectivity index (χ1) is 10.1. The Hall–Kier alpha value is -2.73. The van der Waals surface area contributed by atoms with Gasteiger partial charge in [0.05, 0.1) is 0 Å². The molecule has 0 radical (unpaired) electrons. The number of amides is 1. The molecule has 1 aliphatic heterocycles. The van der Waals surface area contributed by atoms with Crippen molar-refractivity contribution in [2.24, 2.45) is 5.11 Å². The molecule has 1 aromatic carbocycles. The van der Waals surface area contributed by atoms with Gasteiger partial charge in [-0.15, -0.1) is 0 Å². The Bertz CT molecular complexity index is 580. The number of hydrogen-bond donors (Lipinski definition) is 1. The normalized spacial score (nSPS) is 17.1. The average molecular weight is 290 g/mol.